The Kier molecular flexibility index (Phi) is 4.13. The average Bonchev–Trinajstić information content (AvgIpc) is 2.55. The van der Waals surface area contributed by atoms with Crippen molar-refractivity contribution in [3.63, 3.8) is 0 Å². The lowest BCUT2D eigenvalue weighted by Crippen LogP contribution is -2.13. The van der Waals surface area contributed by atoms with Gasteiger partial charge in [-0.15, -0.1) is 6.42 Å². The summed E-state index contributed by atoms with van der Waals surface area (Å²) in [6, 6.07) is 5.20. The van der Waals surface area contributed by atoms with Crippen LogP contribution in [-0.2, 0) is 0 Å². The fraction of sp³-hybridized carbons (Fsp3) is 0. The Hall–Kier alpha value is -2.88. The molecule has 0 unspecified atom stereocenters. The molecule has 2 nitrogen and oxygen atoms in total. The van der Waals surface area contributed by atoms with Crippen molar-refractivity contribution < 1.29 is 31.5 Å². The van der Waals surface area contributed by atoms with Gasteiger partial charge in [0.1, 0.15) is 0 Å². The molecular weight excluding hydrogens is 307 g/mol. The minimum Gasteiger partial charge on any atom is -0.416 e. The van der Waals surface area contributed by atoms with Gasteiger partial charge in [-0.2, -0.15) is 8.78 Å². The fourth-order valence-corrected chi connectivity index (χ4v) is 1.56. The second kappa shape index (κ2) is 5.85. The van der Waals surface area contributed by atoms with Gasteiger partial charge >= 0.3 is 5.97 Å². The van der Waals surface area contributed by atoms with Crippen LogP contribution >= 0.6 is 0 Å². The van der Waals surface area contributed by atoms with Gasteiger partial charge in [0.25, 0.3) is 0 Å². The lowest BCUT2D eigenvalue weighted by atomic mass is 10.1. The lowest BCUT2D eigenvalue weighted by Gasteiger charge is -2.09. The SMILES string of the molecule is C#Cc1cccc(C(=O)Oc2c(F)c(F)c(F)c(F)c2F)c1. The Labute approximate surface area is 121 Å². The van der Waals surface area contributed by atoms with E-state index in [1.807, 2.05) is 0 Å². The van der Waals surface area contributed by atoms with Crippen LogP contribution in [0.15, 0.2) is 24.3 Å². The number of hydrogen-bond donors (Lipinski definition) is 0. The maximum Gasteiger partial charge on any atom is 0.343 e. The number of esters is 1. The highest BCUT2D eigenvalue weighted by Crippen LogP contribution is 2.29. The van der Waals surface area contributed by atoms with E-state index in [1.165, 1.54) is 18.2 Å². The average molecular weight is 312 g/mol. The number of terminal acetylenes is 1. The van der Waals surface area contributed by atoms with E-state index in [-0.39, 0.29) is 11.1 Å². The van der Waals surface area contributed by atoms with Crippen LogP contribution in [0.5, 0.6) is 5.75 Å². The van der Waals surface area contributed by atoms with Crippen molar-refractivity contribution in [3.05, 3.63) is 64.5 Å². The minimum atomic E-state index is -2.34. The first-order valence-electron chi connectivity index (χ1n) is 5.67. The van der Waals surface area contributed by atoms with Gasteiger partial charge in [-0.1, -0.05) is 12.0 Å². The molecular formula is C15H5F5O2. The third-order valence-corrected chi connectivity index (χ3v) is 2.63. The summed E-state index contributed by atoms with van der Waals surface area (Å²) in [6.07, 6.45) is 5.11. The van der Waals surface area contributed by atoms with E-state index in [0.717, 1.165) is 6.07 Å². The molecule has 0 aliphatic rings. The predicted molar refractivity (Wildman–Crippen MR) is 65.6 cm³/mol. The number of ether oxygens (including phenoxy) is 1. The molecule has 0 bridgehead atoms. The van der Waals surface area contributed by atoms with Crippen LogP contribution in [0.3, 0.4) is 0 Å². The molecule has 22 heavy (non-hydrogen) atoms. The van der Waals surface area contributed by atoms with Crippen LogP contribution in [0.4, 0.5) is 22.0 Å². The second-order valence-corrected chi connectivity index (χ2v) is 4.01. The molecule has 0 amide bonds. The zero-order chi connectivity index (χ0) is 16.4. The van der Waals surface area contributed by atoms with Gasteiger partial charge in [0.2, 0.25) is 34.8 Å². The molecule has 0 heterocycles. The molecule has 0 saturated heterocycles. The molecule has 112 valence electrons. The molecule has 7 heteroatoms. The summed E-state index contributed by atoms with van der Waals surface area (Å²) in [5, 5.41) is 0. The zero-order valence-electron chi connectivity index (χ0n) is 10.6. The van der Waals surface area contributed by atoms with Crippen molar-refractivity contribution >= 4 is 5.97 Å². The van der Waals surface area contributed by atoms with Crippen molar-refractivity contribution in [1.29, 1.82) is 0 Å². The molecule has 2 rings (SSSR count). The van der Waals surface area contributed by atoms with Crippen LogP contribution < -0.4 is 4.74 Å². The number of carbonyl (C=O) groups is 1. The zero-order valence-corrected chi connectivity index (χ0v) is 10.6. The Morgan fingerprint density at radius 3 is 2.05 bits per heavy atom. The summed E-state index contributed by atoms with van der Waals surface area (Å²) >= 11 is 0. The molecule has 0 saturated carbocycles. The summed E-state index contributed by atoms with van der Waals surface area (Å²) in [5.41, 5.74) is 0.0613. The third kappa shape index (κ3) is 2.63. The Morgan fingerprint density at radius 2 is 1.50 bits per heavy atom. The van der Waals surface area contributed by atoms with Crippen LogP contribution in [0.2, 0.25) is 0 Å². The van der Waals surface area contributed by atoms with Crippen molar-refractivity contribution in [2.45, 2.75) is 0 Å². The molecule has 2 aromatic rings. The van der Waals surface area contributed by atoms with Gasteiger partial charge in [-0.3, -0.25) is 0 Å². The van der Waals surface area contributed by atoms with Crippen LogP contribution in [0, 0.1) is 41.4 Å². The molecule has 0 fully saturated rings. The van der Waals surface area contributed by atoms with E-state index in [1.54, 1.807) is 0 Å². The highest BCUT2D eigenvalue weighted by atomic mass is 19.2. The van der Waals surface area contributed by atoms with E-state index in [9.17, 15) is 26.7 Å². The Bertz CT molecular complexity index is 779. The molecule has 2 aromatic carbocycles. The third-order valence-electron chi connectivity index (χ3n) is 2.63. The van der Waals surface area contributed by atoms with Crippen molar-refractivity contribution in [1.82, 2.24) is 0 Å². The topological polar surface area (TPSA) is 26.3 Å². The molecule has 0 aliphatic heterocycles. The monoisotopic (exact) mass is 312 g/mol. The number of carbonyl (C=O) groups excluding carboxylic acids is 1. The minimum absolute atomic E-state index is 0.209. The first kappa shape index (κ1) is 15.5. The molecule has 0 spiro atoms. The predicted octanol–water partition coefficient (Wildman–Crippen LogP) is 3.58. The fourth-order valence-electron chi connectivity index (χ4n) is 1.56. The van der Waals surface area contributed by atoms with E-state index in [2.05, 4.69) is 10.7 Å². The van der Waals surface area contributed by atoms with Gasteiger partial charge in [0, 0.05) is 5.56 Å². The first-order chi connectivity index (χ1) is 10.4. The number of benzene rings is 2. The van der Waals surface area contributed by atoms with Gasteiger partial charge in [0.05, 0.1) is 5.56 Å². The Balaban J connectivity index is 2.43. The molecule has 0 aromatic heterocycles. The quantitative estimate of drug-likeness (QED) is 0.212. The molecule has 0 N–H and O–H groups in total. The highest BCUT2D eigenvalue weighted by Gasteiger charge is 2.28. The smallest absolute Gasteiger partial charge is 0.343 e. The van der Waals surface area contributed by atoms with Crippen molar-refractivity contribution in [2.75, 3.05) is 0 Å². The molecule has 0 atom stereocenters. The van der Waals surface area contributed by atoms with Crippen molar-refractivity contribution in [2.24, 2.45) is 0 Å². The summed E-state index contributed by atoms with van der Waals surface area (Å²) in [7, 11) is 0. The van der Waals surface area contributed by atoms with Gasteiger partial charge in [-0.25, -0.2) is 18.0 Å². The molecule has 0 radical (unpaired) electrons. The number of hydrogen-bond acceptors (Lipinski definition) is 2. The largest absolute Gasteiger partial charge is 0.416 e. The van der Waals surface area contributed by atoms with E-state index >= 15 is 0 Å². The second-order valence-electron chi connectivity index (χ2n) is 4.01. The summed E-state index contributed by atoms with van der Waals surface area (Å²) < 4.78 is 69.9. The van der Waals surface area contributed by atoms with Gasteiger partial charge in [0.15, 0.2) is 0 Å². The van der Waals surface area contributed by atoms with Crippen LogP contribution in [-0.4, -0.2) is 5.97 Å². The maximum atomic E-state index is 13.4. The number of rotatable bonds is 2. The van der Waals surface area contributed by atoms with E-state index in [4.69, 9.17) is 6.42 Å². The maximum absolute atomic E-state index is 13.4. The summed E-state index contributed by atoms with van der Waals surface area (Å²) in [6.45, 7) is 0. The van der Waals surface area contributed by atoms with Gasteiger partial charge < -0.3 is 4.74 Å². The number of halogens is 5. The summed E-state index contributed by atoms with van der Waals surface area (Å²) in [5.74, 6) is -12.0. The van der Waals surface area contributed by atoms with Crippen LogP contribution in [0.25, 0.3) is 0 Å². The van der Waals surface area contributed by atoms with E-state index in [0.29, 0.717) is 0 Å². The van der Waals surface area contributed by atoms with Gasteiger partial charge in [-0.05, 0) is 18.2 Å². The molecule has 0 aliphatic carbocycles. The Morgan fingerprint density at radius 1 is 0.955 bits per heavy atom. The first-order valence-corrected chi connectivity index (χ1v) is 5.67. The standard InChI is InChI=1S/C15H5F5O2/c1-2-7-4-3-5-8(6-7)15(21)22-14-12(19)10(17)9(16)11(18)13(14)20/h1,3-6H. The lowest BCUT2D eigenvalue weighted by molar-refractivity contribution is 0.0716. The van der Waals surface area contributed by atoms with Crippen molar-refractivity contribution in [3.8, 4) is 18.1 Å². The normalized spacial score (nSPS) is 10.2. The van der Waals surface area contributed by atoms with E-state index < -0.39 is 40.8 Å². The highest BCUT2D eigenvalue weighted by molar-refractivity contribution is 5.91. The van der Waals surface area contributed by atoms with Crippen LogP contribution in [0.1, 0.15) is 15.9 Å². The summed E-state index contributed by atoms with van der Waals surface area (Å²) in [4.78, 5) is 11.7.